The number of anilines is 2. The molecule has 246 valence electrons. The van der Waals surface area contributed by atoms with Gasteiger partial charge in [-0.2, -0.15) is 0 Å². The second-order valence-corrected chi connectivity index (χ2v) is 20.3. The zero-order valence-corrected chi connectivity index (χ0v) is 29.1. The summed E-state index contributed by atoms with van der Waals surface area (Å²) >= 11 is 4.47. The second-order valence-electron chi connectivity index (χ2n) is 11.4. The monoisotopic (exact) mass is 731 g/mol. The standard InChI is InChI=1S/C40H35BrN3O4P/c41-49(34-20-10-3-11-21-34,35-22-12-4-13-23-35,36-24-14-5-15-25-36)30-33-26-27-37(43-39(45)47-28-31-16-6-1-7-17-31)38(42-33)44-40(46)48-29-32-18-8-2-9-19-32/h1-27H,28-30H2,(H,43,45)(H,42,44,46). The van der Waals surface area contributed by atoms with E-state index in [1.807, 2.05) is 121 Å². The third-order valence-electron chi connectivity index (χ3n) is 8.18. The molecule has 0 fully saturated rings. The number of benzene rings is 5. The Balaban J connectivity index is 1.38. The van der Waals surface area contributed by atoms with Crippen molar-refractivity contribution in [3.8, 4) is 0 Å². The van der Waals surface area contributed by atoms with E-state index < -0.39 is 17.5 Å². The summed E-state index contributed by atoms with van der Waals surface area (Å²) in [7, 11) is 0. The first-order valence-electron chi connectivity index (χ1n) is 15.8. The molecule has 0 aliphatic carbocycles. The van der Waals surface area contributed by atoms with Gasteiger partial charge < -0.3 is 0 Å². The van der Waals surface area contributed by atoms with Crippen LogP contribution in [0.5, 0.6) is 0 Å². The van der Waals surface area contributed by atoms with Crippen LogP contribution in [0, 0.1) is 0 Å². The number of carbonyl (C=O) groups is 2. The zero-order chi connectivity index (χ0) is 34.0. The van der Waals surface area contributed by atoms with Gasteiger partial charge in [0.1, 0.15) is 0 Å². The molecule has 1 aromatic heterocycles. The fourth-order valence-corrected chi connectivity index (χ4v) is 13.3. The van der Waals surface area contributed by atoms with E-state index in [0.29, 0.717) is 11.9 Å². The molecule has 0 atom stereocenters. The Morgan fingerprint density at radius 3 is 1.35 bits per heavy atom. The van der Waals surface area contributed by atoms with E-state index in [1.165, 1.54) is 0 Å². The molecule has 7 nitrogen and oxygen atoms in total. The van der Waals surface area contributed by atoms with Crippen LogP contribution in [0.4, 0.5) is 21.1 Å². The average molecular weight is 733 g/mol. The molecular weight excluding hydrogens is 697 g/mol. The Morgan fingerprint density at radius 2 is 0.918 bits per heavy atom. The van der Waals surface area contributed by atoms with Crippen molar-refractivity contribution in [2.75, 3.05) is 10.6 Å². The molecule has 1 heterocycles. The fraction of sp³-hybridized carbons (Fsp3) is 0.0750. The van der Waals surface area contributed by atoms with E-state index >= 15 is 0 Å². The van der Waals surface area contributed by atoms with Crippen LogP contribution in [0.3, 0.4) is 0 Å². The normalized spacial score (nSPS) is 11.8. The van der Waals surface area contributed by atoms with Gasteiger partial charge in [0.25, 0.3) is 0 Å². The molecule has 0 radical (unpaired) electrons. The molecule has 6 rings (SSSR count). The summed E-state index contributed by atoms with van der Waals surface area (Å²) in [5.74, 6) is 0.138. The molecule has 0 spiro atoms. The number of pyridine rings is 1. The topological polar surface area (TPSA) is 89.6 Å². The Kier molecular flexibility index (Phi) is 10.5. The Labute approximate surface area is 294 Å². The SMILES string of the molecule is O=C(Nc1ccc(CP(Br)(c2ccccc2)(c2ccccc2)c2ccccc2)nc1NC(=O)OCc1ccccc1)OCc1ccccc1. The van der Waals surface area contributed by atoms with Gasteiger partial charge in [-0.3, -0.25) is 0 Å². The van der Waals surface area contributed by atoms with Gasteiger partial charge in [-0.05, 0) is 0 Å². The van der Waals surface area contributed by atoms with Crippen LogP contribution in [0.25, 0.3) is 0 Å². The number of carbonyl (C=O) groups excluding carboxylic acids is 2. The summed E-state index contributed by atoms with van der Waals surface area (Å²) in [5, 5.41) is 5.48. The van der Waals surface area contributed by atoms with Gasteiger partial charge in [-0.15, -0.1) is 0 Å². The molecule has 0 aliphatic rings. The first-order chi connectivity index (χ1) is 23.9. The van der Waals surface area contributed by atoms with E-state index in [4.69, 9.17) is 14.5 Å². The molecule has 2 N–H and O–H groups in total. The van der Waals surface area contributed by atoms with Crippen molar-refractivity contribution in [3.63, 3.8) is 0 Å². The van der Waals surface area contributed by atoms with Crippen molar-refractivity contribution in [2.45, 2.75) is 19.4 Å². The maximum atomic E-state index is 13.1. The van der Waals surface area contributed by atoms with Gasteiger partial charge in [0.05, 0.1) is 0 Å². The van der Waals surface area contributed by atoms with Gasteiger partial charge >= 0.3 is 289 Å². The first-order valence-corrected chi connectivity index (χ1v) is 20.2. The van der Waals surface area contributed by atoms with Crippen LogP contribution in [-0.2, 0) is 28.8 Å². The van der Waals surface area contributed by atoms with Gasteiger partial charge in [0.15, 0.2) is 0 Å². The van der Waals surface area contributed by atoms with Gasteiger partial charge in [0, 0.05) is 0 Å². The van der Waals surface area contributed by atoms with E-state index in [1.54, 1.807) is 6.07 Å². The van der Waals surface area contributed by atoms with Crippen molar-refractivity contribution in [1.29, 1.82) is 0 Å². The Bertz CT molecular complexity index is 1900. The van der Waals surface area contributed by atoms with Crippen molar-refractivity contribution in [1.82, 2.24) is 4.98 Å². The van der Waals surface area contributed by atoms with E-state index in [-0.39, 0.29) is 24.7 Å². The first kappa shape index (κ1) is 33.6. The third kappa shape index (κ3) is 7.72. The number of nitrogens with zero attached hydrogens (tertiary/aromatic N) is 1. The summed E-state index contributed by atoms with van der Waals surface area (Å²) in [6.45, 7) is 0.159. The molecule has 6 aromatic rings. The number of ether oxygens (including phenoxy) is 2. The molecule has 0 aliphatic heterocycles. The second kappa shape index (κ2) is 15.3. The van der Waals surface area contributed by atoms with Crippen LogP contribution >= 0.6 is 20.8 Å². The minimum atomic E-state index is -3.42. The summed E-state index contributed by atoms with van der Waals surface area (Å²) in [6.07, 6.45) is -0.923. The number of nitrogens with one attached hydrogen (secondary N) is 2. The molecule has 0 saturated carbocycles. The predicted octanol–water partition coefficient (Wildman–Crippen LogP) is 8.92. The average Bonchev–Trinajstić information content (AvgIpc) is 3.16. The molecule has 0 bridgehead atoms. The van der Waals surface area contributed by atoms with Crippen LogP contribution < -0.4 is 26.5 Å². The molecule has 2 amide bonds. The Hall–Kier alpha value is -5.30. The van der Waals surface area contributed by atoms with Gasteiger partial charge in [-0.25, -0.2) is 0 Å². The number of rotatable bonds is 11. The fourth-order valence-electron chi connectivity index (χ4n) is 5.75. The zero-order valence-electron chi connectivity index (χ0n) is 26.6. The molecular formula is C40H35BrN3O4P. The summed E-state index contributed by atoms with van der Waals surface area (Å²) < 4.78 is 11.0. The van der Waals surface area contributed by atoms with Crippen LogP contribution in [0.2, 0.25) is 0 Å². The van der Waals surface area contributed by atoms with Crippen molar-refractivity contribution in [3.05, 3.63) is 181 Å². The molecule has 49 heavy (non-hydrogen) atoms. The van der Waals surface area contributed by atoms with Gasteiger partial charge in [0.2, 0.25) is 0 Å². The van der Waals surface area contributed by atoms with Gasteiger partial charge in [-0.1, -0.05) is 6.07 Å². The maximum absolute atomic E-state index is 13.1. The van der Waals surface area contributed by atoms with Crippen LogP contribution in [0.1, 0.15) is 16.8 Å². The quantitative estimate of drug-likeness (QED) is 0.130. The summed E-state index contributed by atoms with van der Waals surface area (Å²) in [5.41, 5.74) is 2.65. The number of halogens is 1. The number of amides is 2. The number of hydrogen-bond acceptors (Lipinski definition) is 5. The molecule has 0 saturated heterocycles. The van der Waals surface area contributed by atoms with Crippen molar-refractivity contribution in [2.24, 2.45) is 0 Å². The van der Waals surface area contributed by atoms with E-state index in [0.717, 1.165) is 27.0 Å². The number of aromatic nitrogens is 1. The molecule has 5 aromatic carbocycles. The third-order valence-corrected chi connectivity index (χ3v) is 17.7. The number of hydrogen-bond donors (Lipinski definition) is 2. The molecule has 9 heteroatoms. The van der Waals surface area contributed by atoms with E-state index in [9.17, 15) is 9.59 Å². The van der Waals surface area contributed by atoms with Crippen LogP contribution in [0.15, 0.2) is 164 Å². The van der Waals surface area contributed by atoms with Crippen LogP contribution in [-0.4, -0.2) is 17.2 Å². The van der Waals surface area contributed by atoms with Crippen molar-refractivity contribution >= 4 is 60.4 Å². The van der Waals surface area contributed by atoms with Crippen molar-refractivity contribution < 1.29 is 19.1 Å². The summed E-state index contributed by atoms with van der Waals surface area (Å²) in [6, 6.07) is 53.5. The van der Waals surface area contributed by atoms with E-state index in [2.05, 4.69) is 62.5 Å². The molecule has 0 unspecified atom stereocenters. The summed E-state index contributed by atoms with van der Waals surface area (Å²) in [4.78, 5) is 31.1. The Morgan fingerprint density at radius 1 is 0.531 bits per heavy atom. The minimum absolute atomic E-state index is 0.0717. The predicted molar refractivity (Wildman–Crippen MR) is 203 cm³/mol.